The lowest BCUT2D eigenvalue weighted by atomic mass is 9.90. The highest BCUT2D eigenvalue weighted by Gasteiger charge is 2.11. The molecule has 0 atom stereocenters. The Kier molecular flexibility index (Phi) is 5.78. The zero-order chi connectivity index (χ0) is 15.1. The summed E-state index contributed by atoms with van der Waals surface area (Å²) in [5.41, 5.74) is 3.86. The van der Waals surface area contributed by atoms with Crippen molar-refractivity contribution in [2.24, 2.45) is 0 Å². The van der Waals surface area contributed by atoms with Crippen LogP contribution in [0, 0.1) is 0 Å². The molecule has 0 heterocycles. The van der Waals surface area contributed by atoms with Crippen molar-refractivity contribution in [2.45, 2.75) is 45.4 Å². The van der Waals surface area contributed by atoms with Crippen LogP contribution in [0.2, 0.25) is 0 Å². The minimum atomic E-state index is -0.272. The maximum atomic E-state index is 11.9. The molecule has 0 fully saturated rings. The Bertz CT molecular complexity index is 511. The summed E-state index contributed by atoms with van der Waals surface area (Å²) in [4.78, 5) is 23.0. The molecule has 1 aromatic carbocycles. The predicted molar refractivity (Wildman–Crippen MR) is 81.0 cm³/mol. The summed E-state index contributed by atoms with van der Waals surface area (Å²) in [7, 11) is 0. The summed E-state index contributed by atoms with van der Waals surface area (Å²) in [6.07, 6.45) is 5.37. The minimum absolute atomic E-state index is 0.0462. The number of ether oxygens (including phenoxy) is 1. The van der Waals surface area contributed by atoms with Gasteiger partial charge in [0, 0.05) is 6.54 Å². The van der Waals surface area contributed by atoms with Gasteiger partial charge < -0.3 is 10.1 Å². The Labute approximate surface area is 125 Å². The van der Waals surface area contributed by atoms with Crippen molar-refractivity contribution in [2.75, 3.05) is 13.2 Å². The van der Waals surface area contributed by atoms with Gasteiger partial charge in [0.25, 0.3) is 0 Å². The molecule has 1 amide bonds. The van der Waals surface area contributed by atoms with Crippen LogP contribution in [0.1, 0.15) is 42.9 Å². The molecule has 0 bridgehead atoms. The Morgan fingerprint density at radius 3 is 2.71 bits per heavy atom. The third-order valence-electron chi connectivity index (χ3n) is 3.73. The molecule has 0 saturated heterocycles. The summed E-state index contributed by atoms with van der Waals surface area (Å²) in [5, 5.41) is 2.76. The molecule has 21 heavy (non-hydrogen) atoms. The zero-order valence-corrected chi connectivity index (χ0v) is 12.6. The average molecular weight is 289 g/mol. The fourth-order valence-electron chi connectivity index (χ4n) is 2.68. The first-order chi connectivity index (χ1) is 10.2. The highest BCUT2D eigenvalue weighted by atomic mass is 16.5. The van der Waals surface area contributed by atoms with E-state index < -0.39 is 0 Å². The van der Waals surface area contributed by atoms with Crippen LogP contribution >= 0.6 is 0 Å². The van der Waals surface area contributed by atoms with Gasteiger partial charge in [-0.1, -0.05) is 18.2 Å². The first kappa shape index (κ1) is 15.5. The molecule has 1 aliphatic rings. The van der Waals surface area contributed by atoms with Crippen molar-refractivity contribution in [1.29, 1.82) is 0 Å². The number of carbonyl (C=O) groups excluding carboxylic acids is 2. The van der Waals surface area contributed by atoms with E-state index in [4.69, 9.17) is 4.74 Å². The average Bonchev–Trinajstić information content (AvgIpc) is 2.47. The lowest BCUT2D eigenvalue weighted by Crippen LogP contribution is -2.28. The van der Waals surface area contributed by atoms with Crippen LogP contribution in [0.25, 0.3) is 0 Å². The molecule has 4 nitrogen and oxygen atoms in total. The number of hydrogen-bond donors (Lipinski definition) is 1. The van der Waals surface area contributed by atoms with Gasteiger partial charge in [0.05, 0.1) is 19.4 Å². The van der Waals surface area contributed by atoms with Crippen LogP contribution in [0.4, 0.5) is 0 Å². The van der Waals surface area contributed by atoms with Crippen molar-refractivity contribution in [1.82, 2.24) is 5.32 Å². The van der Waals surface area contributed by atoms with Crippen molar-refractivity contribution < 1.29 is 14.3 Å². The highest BCUT2D eigenvalue weighted by molar-refractivity contribution is 5.79. The number of benzene rings is 1. The smallest absolute Gasteiger partial charge is 0.307 e. The fraction of sp³-hybridized carbons (Fsp3) is 0.529. The van der Waals surface area contributed by atoms with Gasteiger partial charge in [0.1, 0.15) is 0 Å². The third kappa shape index (κ3) is 4.88. The van der Waals surface area contributed by atoms with Crippen molar-refractivity contribution in [3.05, 3.63) is 34.9 Å². The Hall–Kier alpha value is -1.84. The molecule has 0 unspecified atom stereocenters. The van der Waals surface area contributed by atoms with E-state index in [0.29, 0.717) is 19.6 Å². The van der Waals surface area contributed by atoms with Gasteiger partial charge >= 0.3 is 5.97 Å². The highest BCUT2D eigenvalue weighted by Crippen LogP contribution is 2.22. The molecule has 1 aromatic rings. The Morgan fingerprint density at radius 1 is 1.19 bits per heavy atom. The largest absolute Gasteiger partial charge is 0.466 e. The van der Waals surface area contributed by atoms with E-state index in [9.17, 15) is 9.59 Å². The number of hydrogen-bond acceptors (Lipinski definition) is 3. The van der Waals surface area contributed by atoms with Crippen molar-refractivity contribution >= 4 is 11.9 Å². The van der Waals surface area contributed by atoms with E-state index >= 15 is 0 Å². The fourth-order valence-corrected chi connectivity index (χ4v) is 2.68. The SMILES string of the molecule is CCOC(=O)CCNC(=O)Cc1ccc2c(c1)CCCC2. The topological polar surface area (TPSA) is 55.4 Å². The number of amides is 1. The summed E-state index contributed by atoms with van der Waals surface area (Å²) in [6.45, 7) is 2.48. The quantitative estimate of drug-likeness (QED) is 0.817. The van der Waals surface area contributed by atoms with Crippen molar-refractivity contribution in [3.8, 4) is 0 Å². The molecule has 1 aliphatic carbocycles. The van der Waals surface area contributed by atoms with E-state index in [1.165, 1.54) is 24.0 Å². The second-order valence-corrected chi connectivity index (χ2v) is 5.39. The van der Waals surface area contributed by atoms with E-state index in [1.807, 2.05) is 6.07 Å². The molecule has 0 aliphatic heterocycles. The molecule has 0 aromatic heterocycles. The van der Waals surface area contributed by atoms with E-state index in [0.717, 1.165) is 18.4 Å². The first-order valence-corrected chi connectivity index (χ1v) is 7.72. The number of fused-ring (bicyclic) bond motifs is 1. The zero-order valence-electron chi connectivity index (χ0n) is 12.6. The van der Waals surface area contributed by atoms with Crippen LogP contribution in [0.5, 0.6) is 0 Å². The molecule has 114 valence electrons. The van der Waals surface area contributed by atoms with Crippen LogP contribution in [-0.4, -0.2) is 25.0 Å². The van der Waals surface area contributed by atoms with Gasteiger partial charge in [-0.25, -0.2) is 0 Å². The molecule has 4 heteroatoms. The molecular formula is C17H23NO3. The monoisotopic (exact) mass is 289 g/mol. The lowest BCUT2D eigenvalue weighted by molar-refractivity contribution is -0.143. The molecule has 0 saturated carbocycles. The predicted octanol–water partition coefficient (Wildman–Crippen LogP) is 2.18. The second kappa shape index (κ2) is 7.81. The van der Waals surface area contributed by atoms with Gasteiger partial charge in [0.2, 0.25) is 5.91 Å². The van der Waals surface area contributed by atoms with Gasteiger partial charge in [-0.15, -0.1) is 0 Å². The summed E-state index contributed by atoms with van der Waals surface area (Å²) >= 11 is 0. The van der Waals surface area contributed by atoms with Gasteiger partial charge in [-0.05, 0) is 49.3 Å². The number of esters is 1. The minimum Gasteiger partial charge on any atom is -0.466 e. The van der Waals surface area contributed by atoms with E-state index in [2.05, 4.69) is 17.4 Å². The number of rotatable bonds is 6. The normalized spacial score (nSPS) is 13.4. The summed E-state index contributed by atoms with van der Waals surface area (Å²) in [5.74, 6) is -0.318. The molecular weight excluding hydrogens is 266 g/mol. The van der Waals surface area contributed by atoms with Crippen molar-refractivity contribution in [3.63, 3.8) is 0 Å². The lowest BCUT2D eigenvalue weighted by Gasteiger charge is -2.16. The number of carbonyl (C=O) groups is 2. The summed E-state index contributed by atoms with van der Waals surface area (Å²) < 4.78 is 4.81. The molecule has 0 radical (unpaired) electrons. The molecule has 2 rings (SSSR count). The maximum Gasteiger partial charge on any atom is 0.307 e. The van der Waals surface area contributed by atoms with Gasteiger partial charge in [-0.3, -0.25) is 9.59 Å². The number of nitrogens with one attached hydrogen (secondary N) is 1. The van der Waals surface area contributed by atoms with Crippen LogP contribution in [-0.2, 0) is 33.6 Å². The standard InChI is InChI=1S/C17H23NO3/c1-2-21-17(20)9-10-18-16(19)12-13-7-8-14-5-3-4-6-15(14)11-13/h7-8,11H,2-6,9-10,12H2,1H3,(H,18,19). The molecule has 1 N–H and O–H groups in total. The van der Waals surface area contributed by atoms with Gasteiger partial charge in [-0.2, -0.15) is 0 Å². The Balaban J connectivity index is 1.78. The van der Waals surface area contributed by atoms with E-state index in [-0.39, 0.29) is 18.3 Å². The third-order valence-corrected chi connectivity index (χ3v) is 3.73. The van der Waals surface area contributed by atoms with Crippen LogP contribution in [0.3, 0.4) is 0 Å². The van der Waals surface area contributed by atoms with Crippen LogP contribution < -0.4 is 5.32 Å². The summed E-state index contributed by atoms with van der Waals surface area (Å²) in [6, 6.07) is 6.34. The molecule has 0 spiro atoms. The first-order valence-electron chi connectivity index (χ1n) is 7.72. The van der Waals surface area contributed by atoms with Crippen LogP contribution in [0.15, 0.2) is 18.2 Å². The maximum absolute atomic E-state index is 11.9. The van der Waals surface area contributed by atoms with E-state index in [1.54, 1.807) is 6.92 Å². The van der Waals surface area contributed by atoms with Gasteiger partial charge in [0.15, 0.2) is 0 Å². The Morgan fingerprint density at radius 2 is 1.95 bits per heavy atom. The second-order valence-electron chi connectivity index (χ2n) is 5.39. The number of aryl methyl sites for hydroxylation is 2.